The molecule has 0 aliphatic rings. The maximum atomic E-state index is 11.8. The van der Waals surface area contributed by atoms with Crippen LogP contribution in [0.1, 0.15) is 33.3 Å². The van der Waals surface area contributed by atoms with E-state index in [0.717, 1.165) is 0 Å². The molecule has 0 saturated heterocycles. The fourth-order valence-corrected chi connectivity index (χ4v) is 2.26. The average molecular weight is 345 g/mol. The van der Waals surface area contributed by atoms with Gasteiger partial charge in [-0.05, 0) is 26.8 Å². The van der Waals surface area contributed by atoms with Crippen molar-refractivity contribution in [1.29, 1.82) is 0 Å². The normalized spacial score (nSPS) is 14.0. The molecule has 0 aliphatic heterocycles. The van der Waals surface area contributed by atoms with Crippen LogP contribution in [-0.2, 0) is 10.2 Å². The van der Waals surface area contributed by atoms with Gasteiger partial charge in [0.25, 0.3) is 0 Å². The molecular weight excluding hydrogens is 320 g/mol. The fourth-order valence-electron chi connectivity index (χ4n) is 2.05. The average Bonchev–Trinajstić information content (AvgIpc) is 2.45. The van der Waals surface area contributed by atoms with Crippen LogP contribution in [0.25, 0.3) is 0 Å². The molecule has 4 N–H and O–H groups in total. The first-order chi connectivity index (χ1) is 10.5. The van der Waals surface area contributed by atoms with Crippen LogP contribution in [0.5, 0.6) is 11.5 Å². The molecule has 0 radical (unpaired) electrons. The highest BCUT2D eigenvalue weighted by Gasteiger charge is 2.31. The van der Waals surface area contributed by atoms with E-state index >= 15 is 0 Å². The van der Waals surface area contributed by atoms with Crippen molar-refractivity contribution in [2.24, 2.45) is 5.73 Å². The summed E-state index contributed by atoms with van der Waals surface area (Å²) in [5.74, 6) is 0.209. The Bertz CT molecular complexity index is 572. The summed E-state index contributed by atoms with van der Waals surface area (Å²) in [4.78, 5) is 11.8. The van der Waals surface area contributed by atoms with E-state index < -0.39 is 17.1 Å². The number of rotatable bonds is 5. The van der Waals surface area contributed by atoms with Crippen LogP contribution in [0.3, 0.4) is 0 Å². The summed E-state index contributed by atoms with van der Waals surface area (Å²) in [6.45, 7) is 7.51. The number of nitrogens with two attached hydrogens (primary N) is 1. The first kappa shape index (κ1) is 19.4. The van der Waals surface area contributed by atoms with Gasteiger partial charge < -0.3 is 25.6 Å². The molecule has 0 saturated carbocycles. The van der Waals surface area contributed by atoms with E-state index in [1.54, 1.807) is 26.8 Å². The van der Waals surface area contributed by atoms with E-state index in [0.29, 0.717) is 10.6 Å². The standard InChI is InChI=1S/C16H25ClN2O4/c1-15(2,3)23-14(21)19-9-16(4,8-18)11-6-10(17)7-12(22-5)13(11)20/h6-7,20H,8-9,18H2,1-5H3,(H,19,21). The maximum absolute atomic E-state index is 11.8. The Morgan fingerprint density at radius 2 is 1.96 bits per heavy atom. The molecule has 1 unspecified atom stereocenters. The highest BCUT2D eigenvalue weighted by Crippen LogP contribution is 2.39. The molecule has 0 bridgehead atoms. The van der Waals surface area contributed by atoms with E-state index in [1.165, 1.54) is 13.2 Å². The summed E-state index contributed by atoms with van der Waals surface area (Å²) in [5, 5.41) is 13.4. The van der Waals surface area contributed by atoms with Gasteiger partial charge in [-0.3, -0.25) is 0 Å². The molecule has 130 valence electrons. The van der Waals surface area contributed by atoms with Gasteiger partial charge in [0.15, 0.2) is 11.5 Å². The monoisotopic (exact) mass is 344 g/mol. The second-order valence-corrected chi connectivity index (χ2v) is 7.06. The minimum absolute atomic E-state index is 0.0455. The Kier molecular flexibility index (Phi) is 6.13. The Morgan fingerprint density at radius 3 is 2.43 bits per heavy atom. The van der Waals surface area contributed by atoms with Gasteiger partial charge in [-0.1, -0.05) is 18.5 Å². The van der Waals surface area contributed by atoms with Crippen molar-refractivity contribution < 1.29 is 19.4 Å². The number of halogens is 1. The molecule has 1 aromatic carbocycles. The van der Waals surface area contributed by atoms with E-state index in [-0.39, 0.29) is 24.6 Å². The SMILES string of the molecule is COc1cc(Cl)cc(C(C)(CN)CNC(=O)OC(C)(C)C)c1O. The van der Waals surface area contributed by atoms with Gasteiger partial charge in [-0.15, -0.1) is 0 Å². The number of methoxy groups -OCH3 is 1. The first-order valence-electron chi connectivity index (χ1n) is 7.26. The van der Waals surface area contributed by atoms with Crippen molar-refractivity contribution in [2.75, 3.05) is 20.2 Å². The number of amides is 1. The van der Waals surface area contributed by atoms with Crippen LogP contribution in [0, 0.1) is 0 Å². The van der Waals surface area contributed by atoms with Crippen LogP contribution in [-0.4, -0.2) is 37.0 Å². The number of phenolic OH excluding ortho intramolecular Hbond substituents is 1. The van der Waals surface area contributed by atoms with E-state index in [1.807, 2.05) is 6.92 Å². The summed E-state index contributed by atoms with van der Waals surface area (Å²) in [6, 6.07) is 3.13. The highest BCUT2D eigenvalue weighted by atomic mass is 35.5. The Hall–Kier alpha value is -1.66. The predicted octanol–water partition coefficient (Wildman–Crippen LogP) is 2.80. The number of phenols is 1. The summed E-state index contributed by atoms with van der Waals surface area (Å²) in [7, 11) is 1.44. The molecule has 1 atom stereocenters. The van der Waals surface area contributed by atoms with E-state index in [2.05, 4.69) is 5.32 Å². The largest absolute Gasteiger partial charge is 0.504 e. The number of nitrogens with one attached hydrogen (secondary N) is 1. The number of hydrogen-bond acceptors (Lipinski definition) is 5. The summed E-state index contributed by atoms with van der Waals surface area (Å²) in [6.07, 6.45) is -0.550. The second kappa shape index (κ2) is 7.27. The van der Waals surface area contributed by atoms with Crippen molar-refractivity contribution in [1.82, 2.24) is 5.32 Å². The lowest BCUT2D eigenvalue weighted by atomic mass is 9.81. The molecule has 1 amide bonds. The third-order valence-corrected chi connectivity index (χ3v) is 3.60. The Labute approximate surface area is 141 Å². The molecule has 7 heteroatoms. The van der Waals surface area contributed by atoms with Crippen LogP contribution in [0.15, 0.2) is 12.1 Å². The smallest absolute Gasteiger partial charge is 0.407 e. The van der Waals surface area contributed by atoms with Gasteiger partial charge in [-0.25, -0.2) is 4.79 Å². The van der Waals surface area contributed by atoms with Crippen LogP contribution >= 0.6 is 11.6 Å². The third-order valence-electron chi connectivity index (χ3n) is 3.38. The maximum Gasteiger partial charge on any atom is 0.407 e. The highest BCUT2D eigenvalue weighted by molar-refractivity contribution is 6.30. The number of ether oxygens (including phenoxy) is 2. The molecule has 6 nitrogen and oxygen atoms in total. The molecule has 0 heterocycles. The number of hydrogen-bond donors (Lipinski definition) is 3. The van der Waals surface area contributed by atoms with Gasteiger partial charge in [0.1, 0.15) is 5.60 Å². The molecule has 0 spiro atoms. The number of aromatic hydroxyl groups is 1. The van der Waals surface area contributed by atoms with E-state index in [9.17, 15) is 9.90 Å². The van der Waals surface area contributed by atoms with Gasteiger partial charge >= 0.3 is 6.09 Å². The van der Waals surface area contributed by atoms with Gasteiger partial charge in [0, 0.05) is 35.2 Å². The van der Waals surface area contributed by atoms with Crippen LogP contribution in [0.4, 0.5) is 4.79 Å². The molecule has 1 rings (SSSR count). The number of alkyl carbamates (subject to hydrolysis) is 1. The van der Waals surface area contributed by atoms with Crippen molar-refractivity contribution in [3.05, 3.63) is 22.7 Å². The molecule has 0 aromatic heterocycles. The number of benzene rings is 1. The van der Waals surface area contributed by atoms with Gasteiger partial charge in [0.05, 0.1) is 7.11 Å². The Balaban J connectivity index is 3.02. The fraction of sp³-hybridized carbons (Fsp3) is 0.562. The lowest BCUT2D eigenvalue weighted by molar-refractivity contribution is 0.0516. The van der Waals surface area contributed by atoms with Gasteiger partial charge in [0.2, 0.25) is 0 Å². The van der Waals surface area contributed by atoms with Crippen molar-refractivity contribution >= 4 is 17.7 Å². The summed E-state index contributed by atoms with van der Waals surface area (Å²) in [5.41, 5.74) is 5.05. The van der Waals surface area contributed by atoms with Crippen LogP contribution < -0.4 is 15.8 Å². The molecule has 1 aromatic rings. The van der Waals surface area contributed by atoms with E-state index in [4.69, 9.17) is 26.8 Å². The Morgan fingerprint density at radius 1 is 1.35 bits per heavy atom. The lowest BCUT2D eigenvalue weighted by Gasteiger charge is -2.30. The summed E-state index contributed by atoms with van der Waals surface area (Å²) < 4.78 is 10.3. The molecule has 0 aliphatic carbocycles. The quantitative estimate of drug-likeness (QED) is 0.763. The number of carbonyl (C=O) groups is 1. The van der Waals surface area contributed by atoms with Gasteiger partial charge in [-0.2, -0.15) is 0 Å². The molecule has 0 fully saturated rings. The van der Waals surface area contributed by atoms with Crippen molar-refractivity contribution in [3.8, 4) is 11.5 Å². The lowest BCUT2D eigenvalue weighted by Crippen LogP contribution is -2.45. The minimum atomic E-state index is -0.737. The summed E-state index contributed by atoms with van der Waals surface area (Å²) >= 11 is 6.07. The zero-order valence-corrected chi connectivity index (χ0v) is 15.0. The zero-order valence-electron chi connectivity index (χ0n) is 14.2. The first-order valence-corrected chi connectivity index (χ1v) is 7.64. The van der Waals surface area contributed by atoms with Crippen molar-refractivity contribution in [2.45, 2.75) is 38.7 Å². The molecular formula is C16H25ClN2O4. The zero-order chi connectivity index (χ0) is 17.8. The number of carbonyl (C=O) groups excluding carboxylic acids is 1. The minimum Gasteiger partial charge on any atom is -0.504 e. The van der Waals surface area contributed by atoms with Crippen molar-refractivity contribution in [3.63, 3.8) is 0 Å². The second-order valence-electron chi connectivity index (χ2n) is 6.62. The molecule has 23 heavy (non-hydrogen) atoms. The van der Waals surface area contributed by atoms with Crippen LogP contribution in [0.2, 0.25) is 5.02 Å². The third kappa shape index (κ3) is 5.18. The predicted molar refractivity (Wildman–Crippen MR) is 90.3 cm³/mol. The topological polar surface area (TPSA) is 93.8 Å².